The summed E-state index contributed by atoms with van der Waals surface area (Å²) in [6.07, 6.45) is 0.222. The minimum atomic E-state index is -1.07. The molecule has 0 bridgehead atoms. The number of benzene rings is 1. The summed E-state index contributed by atoms with van der Waals surface area (Å²) in [7, 11) is 0. The predicted octanol–water partition coefficient (Wildman–Crippen LogP) is 1.61. The van der Waals surface area contributed by atoms with E-state index in [1.807, 2.05) is 0 Å². The molecule has 15 heavy (non-hydrogen) atoms. The maximum absolute atomic E-state index is 13.0. The van der Waals surface area contributed by atoms with Crippen molar-refractivity contribution in [2.24, 2.45) is 0 Å². The summed E-state index contributed by atoms with van der Waals surface area (Å²) in [5, 5.41) is 8.25. The Bertz CT molecular complexity index is 353. The number of ether oxygens (including phenoxy) is 1. The van der Waals surface area contributed by atoms with E-state index in [9.17, 15) is 13.6 Å². The standard InChI is InChI=1S/C10H10F2O3/c11-8-2-1-7(9(12)5-8)3-4-15-6-10(13)14/h1-2,5H,3-4,6H2,(H,13,14). The van der Waals surface area contributed by atoms with E-state index in [0.717, 1.165) is 12.1 Å². The zero-order chi connectivity index (χ0) is 11.3. The number of hydrogen-bond acceptors (Lipinski definition) is 2. The lowest BCUT2D eigenvalue weighted by molar-refractivity contribution is -0.142. The summed E-state index contributed by atoms with van der Waals surface area (Å²) in [5.41, 5.74) is 0.307. The van der Waals surface area contributed by atoms with E-state index in [-0.39, 0.29) is 13.0 Å². The van der Waals surface area contributed by atoms with Crippen molar-refractivity contribution in [1.82, 2.24) is 0 Å². The van der Waals surface area contributed by atoms with Crippen molar-refractivity contribution in [1.29, 1.82) is 0 Å². The number of halogens is 2. The highest BCUT2D eigenvalue weighted by Gasteiger charge is 2.04. The van der Waals surface area contributed by atoms with Crippen LogP contribution >= 0.6 is 0 Å². The van der Waals surface area contributed by atoms with Gasteiger partial charge in [0.25, 0.3) is 0 Å². The van der Waals surface area contributed by atoms with Gasteiger partial charge in [-0.25, -0.2) is 13.6 Å². The van der Waals surface area contributed by atoms with Crippen molar-refractivity contribution < 1.29 is 23.4 Å². The minimum Gasteiger partial charge on any atom is -0.480 e. The Kier molecular flexibility index (Phi) is 4.17. The van der Waals surface area contributed by atoms with Crippen LogP contribution in [-0.2, 0) is 16.0 Å². The lowest BCUT2D eigenvalue weighted by Gasteiger charge is -2.03. The van der Waals surface area contributed by atoms with E-state index in [1.165, 1.54) is 6.07 Å². The quantitative estimate of drug-likeness (QED) is 0.760. The number of carbonyl (C=O) groups is 1. The summed E-state index contributed by atoms with van der Waals surface area (Å²) in [5.74, 6) is -2.36. The van der Waals surface area contributed by atoms with Crippen molar-refractivity contribution in [3.8, 4) is 0 Å². The molecular formula is C10H10F2O3. The monoisotopic (exact) mass is 216 g/mol. The Morgan fingerprint density at radius 2 is 2.13 bits per heavy atom. The molecule has 1 N–H and O–H groups in total. The molecule has 0 spiro atoms. The van der Waals surface area contributed by atoms with Crippen LogP contribution in [0.3, 0.4) is 0 Å². The van der Waals surface area contributed by atoms with Gasteiger partial charge in [-0.2, -0.15) is 0 Å². The second-order valence-electron chi connectivity index (χ2n) is 2.93. The molecule has 0 aliphatic heterocycles. The minimum absolute atomic E-state index is 0.0921. The number of aliphatic carboxylic acids is 1. The normalized spacial score (nSPS) is 10.3. The zero-order valence-corrected chi connectivity index (χ0v) is 7.87. The van der Waals surface area contributed by atoms with Gasteiger partial charge in [-0.1, -0.05) is 6.07 Å². The fourth-order valence-electron chi connectivity index (χ4n) is 1.07. The molecule has 0 atom stereocenters. The molecule has 1 aromatic rings. The van der Waals surface area contributed by atoms with Gasteiger partial charge in [-0.3, -0.25) is 0 Å². The van der Waals surface area contributed by atoms with Crippen LogP contribution in [0.4, 0.5) is 8.78 Å². The fourth-order valence-corrected chi connectivity index (χ4v) is 1.07. The lowest BCUT2D eigenvalue weighted by Crippen LogP contribution is -2.09. The predicted molar refractivity (Wildman–Crippen MR) is 48.5 cm³/mol. The maximum Gasteiger partial charge on any atom is 0.329 e. The second-order valence-corrected chi connectivity index (χ2v) is 2.93. The molecule has 5 heteroatoms. The molecule has 0 saturated heterocycles. The van der Waals surface area contributed by atoms with Crippen molar-refractivity contribution in [3.63, 3.8) is 0 Å². The first-order valence-electron chi connectivity index (χ1n) is 4.33. The molecule has 0 amide bonds. The molecule has 0 unspecified atom stereocenters. The van der Waals surface area contributed by atoms with Crippen molar-refractivity contribution in [2.45, 2.75) is 6.42 Å². The summed E-state index contributed by atoms with van der Waals surface area (Å²) in [6.45, 7) is -0.322. The molecule has 0 saturated carbocycles. The molecule has 0 aliphatic carbocycles. The van der Waals surface area contributed by atoms with Crippen molar-refractivity contribution in [2.75, 3.05) is 13.2 Å². The average molecular weight is 216 g/mol. The number of carboxylic acid groups (broad SMARTS) is 1. The van der Waals surface area contributed by atoms with Gasteiger partial charge in [-0.15, -0.1) is 0 Å². The molecule has 82 valence electrons. The van der Waals surface area contributed by atoms with Gasteiger partial charge in [-0.05, 0) is 18.1 Å². The van der Waals surface area contributed by atoms with Crippen LogP contribution in [0.5, 0.6) is 0 Å². The molecule has 3 nitrogen and oxygen atoms in total. The first-order valence-corrected chi connectivity index (χ1v) is 4.33. The molecule has 1 aromatic carbocycles. The third kappa shape index (κ3) is 4.03. The van der Waals surface area contributed by atoms with Gasteiger partial charge < -0.3 is 9.84 Å². The molecule has 0 fully saturated rings. The summed E-state index contributed by atoms with van der Waals surface area (Å²) < 4.78 is 30.2. The first-order chi connectivity index (χ1) is 7.09. The van der Waals surface area contributed by atoms with Gasteiger partial charge in [0.2, 0.25) is 0 Å². The third-order valence-electron chi connectivity index (χ3n) is 1.76. The van der Waals surface area contributed by atoms with Crippen molar-refractivity contribution >= 4 is 5.97 Å². The molecule has 0 radical (unpaired) electrons. The fraction of sp³-hybridized carbons (Fsp3) is 0.300. The van der Waals surface area contributed by atoms with Crippen LogP contribution in [-0.4, -0.2) is 24.3 Å². The van der Waals surface area contributed by atoms with Gasteiger partial charge in [0.05, 0.1) is 6.61 Å². The highest BCUT2D eigenvalue weighted by atomic mass is 19.1. The van der Waals surface area contributed by atoms with Gasteiger partial charge >= 0.3 is 5.97 Å². The van der Waals surface area contributed by atoms with Crippen LogP contribution in [0.1, 0.15) is 5.56 Å². The van der Waals surface area contributed by atoms with Crippen LogP contribution in [0.25, 0.3) is 0 Å². The zero-order valence-electron chi connectivity index (χ0n) is 7.87. The Balaban J connectivity index is 2.40. The topological polar surface area (TPSA) is 46.5 Å². The van der Waals surface area contributed by atoms with Gasteiger partial charge in [0.1, 0.15) is 18.2 Å². The number of hydrogen-bond donors (Lipinski definition) is 1. The van der Waals surface area contributed by atoms with Crippen molar-refractivity contribution in [3.05, 3.63) is 35.4 Å². The van der Waals surface area contributed by atoms with Gasteiger partial charge in [0, 0.05) is 6.07 Å². The number of rotatable bonds is 5. The SMILES string of the molecule is O=C(O)COCCc1ccc(F)cc1F. The molecule has 1 rings (SSSR count). The van der Waals surface area contributed by atoms with Crippen LogP contribution in [0.15, 0.2) is 18.2 Å². The summed E-state index contributed by atoms with van der Waals surface area (Å²) >= 11 is 0. The van der Waals surface area contributed by atoms with E-state index in [0.29, 0.717) is 5.56 Å². The average Bonchev–Trinajstić information content (AvgIpc) is 2.14. The molecule has 0 aromatic heterocycles. The molecular weight excluding hydrogens is 206 g/mol. The maximum atomic E-state index is 13.0. The summed E-state index contributed by atoms with van der Waals surface area (Å²) in [4.78, 5) is 10.1. The van der Waals surface area contributed by atoms with Crippen LogP contribution < -0.4 is 0 Å². The Hall–Kier alpha value is -1.49. The second kappa shape index (κ2) is 5.41. The van der Waals surface area contributed by atoms with E-state index in [4.69, 9.17) is 9.84 Å². The first kappa shape index (κ1) is 11.6. The molecule has 0 heterocycles. The van der Waals surface area contributed by atoms with E-state index >= 15 is 0 Å². The van der Waals surface area contributed by atoms with Crippen LogP contribution in [0, 0.1) is 11.6 Å². The Morgan fingerprint density at radius 1 is 1.40 bits per heavy atom. The van der Waals surface area contributed by atoms with E-state index < -0.39 is 24.2 Å². The van der Waals surface area contributed by atoms with E-state index in [2.05, 4.69) is 0 Å². The largest absolute Gasteiger partial charge is 0.480 e. The van der Waals surface area contributed by atoms with Crippen LogP contribution in [0.2, 0.25) is 0 Å². The smallest absolute Gasteiger partial charge is 0.329 e. The Morgan fingerprint density at radius 3 is 2.73 bits per heavy atom. The summed E-state index contributed by atoms with van der Waals surface area (Å²) in [6, 6.07) is 3.25. The highest BCUT2D eigenvalue weighted by Crippen LogP contribution is 2.09. The number of carboxylic acids is 1. The van der Waals surface area contributed by atoms with Gasteiger partial charge in [0.15, 0.2) is 0 Å². The lowest BCUT2D eigenvalue weighted by atomic mass is 10.1. The Labute approximate surface area is 85.3 Å². The highest BCUT2D eigenvalue weighted by molar-refractivity contribution is 5.67. The van der Waals surface area contributed by atoms with E-state index in [1.54, 1.807) is 0 Å². The molecule has 0 aliphatic rings. The third-order valence-corrected chi connectivity index (χ3v) is 1.76.